The van der Waals surface area contributed by atoms with Crippen LogP contribution in [0.5, 0.6) is 0 Å². The highest BCUT2D eigenvalue weighted by atomic mass is 14.2. The maximum absolute atomic E-state index is 2.37. The Morgan fingerprint density at radius 3 is 1.04 bits per heavy atom. The minimum absolute atomic E-state index is 0. The van der Waals surface area contributed by atoms with E-state index in [9.17, 15) is 0 Å². The van der Waals surface area contributed by atoms with Gasteiger partial charge in [0.15, 0.2) is 0 Å². The number of hydrogen-bond donors (Lipinski definition) is 0. The largest absolute Gasteiger partial charge is 0.0776 e. The van der Waals surface area contributed by atoms with E-state index < -0.39 is 0 Å². The molecular weight excluding hydrogens is 336 g/mol. The molecule has 0 nitrogen and oxygen atoms in total. The van der Waals surface area contributed by atoms with Gasteiger partial charge in [-0.1, -0.05) is 128 Å². The van der Waals surface area contributed by atoms with Gasteiger partial charge in [0.05, 0.1) is 0 Å². The van der Waals surface area contributed by atoms with Gasteiger partial charge in [0.2, 0.25) is 0 Å². The van der Waals surface area contributed by atoms with E-state index in [1.54, 1.807) is 0 Å². The molecule has 0 aromatic heterocycles. The molecule has 0 amide bonds. The van der Waals surface area contributed by atoms with Gasteiger partial charge >= 0.3 is 0 Å². The third-order valence-electron chi connectivity index (χ3n) is 5.36. The van der Waals surface area contributed by atoms with Crippen LogP contribution in [0.25, 0.3) is 0 Å². The van der Waals surface area contributed by atoms with E-state index in [0.29, 0.717) is 0 Å². The summed E-state index contributed by atoms with van der Waals surface area (Å²) in [5.41, 5.74) is 5.51. The molecular formula is C28H48. The fourth-order valence-electron chi connectivity index (χ4n) is 3.07. The lowest BCUT2D eigenvalue weighted by atomic mass is 9.84. The minimum Gasteiger partial charge on any atom is -0.0776 e. The molecule has 0 radical (unpaired) electrons. The first-order valence-electron chi connectivity index (χ1n) is 10.6. The van der Waals surface area contributed by atoms with Crippen molar-refractivity contribution < 1.29 is 0 Å². The van der Waals surface area contributed by atoms with E-state index in [1.807, 2.05) is 0 Å². The third kappa shape index (κ3) is 12.8. The van der Waals surface area contributed by atoms with E-state index in [1.165, 1.54) is 47.9 Å². The molecule has 0 heteroatoms. The Kier molecular flexibility index (Phi) is 16.8. The summed E-state index contributed by atoms with van der Waals surface area (Å²) in [6, 6.07) is 17.3. The Labute approximate surface area is 177 Å². The highest BCUT2D eigenvalue weighted by Crippen LogP contribution is 2.27. The fraction of sp³-hybridized carbons (Fsp3) is 0.571. The highest BCUT2D eigenvalue weighted by Gasteiger charge is 2.13. The first kappa shape index (κ1) is 28.6. The van der Waals surface area contributed by atoms with Gasteiger partial charge in [0.1, 0.15) is 0 Å². The van der Waals surface area contributed by atoms with E-state index in [0.717, 1.165) is 24.7 Å². The van der Waals surface area contributed by atoms with Crippen LogP contribution >= 0.6 is 0 Å². The molecule has 0 N–H and O–H groups in total. The van der Waals surface area contributed by atoms with E-state index in [-0.39, 0.29) is 14.9 Å². The maximum atomic E-state index is 2.37. The van der Waals surface area contributed by atoms with Crippen molar-refractivity contribution in [3.05, 3.63) is 70.8 Å². The smallest absolute Gasteiger partial charge is 0.0307 e. The predicted molar refractivity (Wildman–Crippen MR) is 131 cm³/mol. The Balaban J connectivity index is 0. The van der Waals surface area contributed by atoms with Crippen LogP contribution in [-0.4, -0.2) is 0 Å². The van der Waals surface area contributed by atoms with Crippen molar-refractivity contribution in [1.29, 1.82) is 0 Å². The molecule has 1 fully saturated rings. The highest BCUT2D eigenvalue weighted by molar-refractivity contribution is 5.22. The number of rotatable bonds is 2. The summed E-state index contributed by atoms with van der Waals surface area (Å²) in [5, 5.41) is 0. The van der Waals surface area contributed by atoms with Gasteiger partial charge < -0.3 is 0 Å². The fourth-order valence-corrected chi connectivity index (χ4v) is 3.07. The summed E-state index contributed by atoms with van der Waals surface area (Å²) in [4.78, 5) is 0. The molecule has 1 aliphatic rings. The third-order valence-corrected chi connectivity index (χ3v) is 5.36. The Morgan fingerprint density at radius 2 is 0.821 bits per heavy atom. The monoisotopic (exact) mass is 384 g/mol. The van der Waals surface area contributed by atoms with E-state index in [4.69, 9.17) is 0 Å². The molecule has 0 saturated heterocycles. The first-order valence-corrected chi connectivity index (χ1v) is 10.6. The summed E-state index contributed by atoms with van der Waals surface area (Å²) >= 11 is 0. The lowest BCUT2D eigenvalue weighted by Crippen LogP contribution is -2.08. The van der Waals surface area contributed by atoms with Crippen LogP contribution in [0.1, 0.15) is 90.5 Å². The van der Waals surface area contributed by atoms with Crippen molar-refractivity contribution in [2.75, 3.05) is 0 Å². The molecule has 1 saturated carbocycles. The molecule has 1 aliphatic carbocycles. The van der Waals surface area contributed by atoms with Crippen LogP contribution < -0.4 is 0 Å². The maximum Gasteiger partial charge on any atom is -0.0307 e. The number of aryl methyl sites for hydroxylation is 4. The van der Waals surface area contributed by atoms with Crippen molar-refractivity contribution >= 4 is 0 Å². The molecule has 0 aliphatic heterocycles. The zero-order valence-electron chi connectivity index (χ0n) is 18.0. The average molecular weight is 385 g/mol. The van der Waals surface area contributed by atoms with Crippen LogP contribution in [0.15, 0.2) is 48.5 Å². The molecule has 0 spiro atoms. The second-order valence-electron chi connectivity index (χ2n) is 8.04. The minimum atomic E-state index is 0. The molecule has 0 bridgehead atoms. The SMILES string of the molecule is C.C.CC1CCC(C)CC1.CCc1ccc(CC)cc1.Cc1ccc(C)cc1. The van der Waals surface area contributed by atoms with Gasteiger partial charge in [0.25, 0.3) is 0 Å². The zero-order valence-corrected chi connectivity index (χ0v) is 18.0. The lowest BCUT2D eigenvalue weighted by Gasteiger charge is -2.22. The summed E-state index contributed by atoms with van der Waals surface area (Å²) in [6.07, 6.45) is 8.18. The van der Waals surface area contributed by atoms with Gasteiger partial charge in [-0.2, -0.15) is 0 Å². The molecule has 160 valence electrons. The number of hydrogen-bond acceptors (Lipinski definition) is 0. The summed E-state index contributed by atoms with van der Waals surface area (Å²) in [6.45, 7) is 13.3. The Bertz CT molecular complexity index is 514. The van der Waals surface area contributed by atoms with Gasteiger partial charge in [-0.3, -0.25) is 0 Å². The molecule has 2 aromatic rings. The van der Waals surface area contributed by atoms with Crippen LogP contribution in [0.2, 0.25) is 0 Å². The van der Waals surface area contributed by atoms with Crippen molar-refractivity contribution in [2.45, 2.75) is 94.9 Å². The van der Waals surface area contributed by atoms with Gasteiger partial charge in [-0.25, -0.2) is 0 Å². The second-order valence-corrected chi connectivity index (χ2v) is 8.04. The van der Waals surface area contributed by atoms with Gasteiger partial charge in [-0.05, 0) is 49.7 Å². The van der Waals surface area contributed by atoms with Crippen molar-refractivity contribution in [3.63, 3.8) is 0 Å². The average Bonchev–Trinajstić information content (AvgIpc) is 2.67. The van der Waals surface area contributed by atoms with Crippen LogP contribution in [0, 0.1) is 25.7 Å². The zero-order chi connectivity index (χ0) is 19.4. The molecule has 0 heterocycles. The van der Waals surface area contributed by atoms with E-state index in [2.05, 4.69) is 90.1 Å². The second kappa shape index (κ2) is 16.4. The summed E-state index contributed by atoms with van der Waals surface area (Å²) < 4.78 is 0. The molecule has 28 heavy (non-hydrogen) atoms. The topological polar surface area (TPSA) is 0 Å². The molecule has 3 rings (SSSR count). The normalized spacial score (nSPS) is 17.5. The first-order chi connectivity index (χ1) is 12.4. The standard InChI is InChI=1S/C10H14.C8H16.C8H10.2CH4/c1-3-9-5-7-10(4-2)8-6-9;2*1-7-3-5-8(2)6-4-7;;/h5-8H,3-4H2,1-2H3;7-8H,3-6H2,1-2H3;3-6H,1-2H3;2*1H4. The predicted octanol–water partition coefficient (Wildman–Crippen LogP) is 9.22. The summed E-state index contributed by atoms with van der Waals surface area (Å²) in [5.74, 6) is 2.04. The van der Waals surface area contributed by atoms with Crippen molar-refractivity contribution in [1.82, 2.24) is 0 Å². The van der Waals surface area contributed by atoms with Crippen LogP contribution in [-0.2, 0) is 12.8 Å². The van der Waals surface area contributed by atoms with Crippen molar-refractivity contribution in [3.8, 4) is 0 Å². The van der Waals surface area contributed by atoms with Crippen molar-refractivity contribution in [2.24, 2.45) is 11.8 Å². The van der Waals surface area contributed by atoms with Gasteiger partial charge in [0, 0.05) is 0 Å². The lowest BCUT2D eigenvalue weighted by molar-refractivity contribution is 0.308. The quantitative estimate of drug-likeness (QED) is 0.484. The Hall–Kier alpha value is -1.56. The molecule has 0 unspecified atom stereocenters. The van der Waals surface area contributed by atoms with Gasteiger partial charge in [-0.15, -0.1) is 0 Å². The molecule has 0 atom stereocenters. The Morgan fingerprint density at radius 1 is 0.571 bits per heavy atom. The van der Waals surface area contributed by atoms with E-state index >= 15 is 0 Å². The van der Waals surface area contributed by atoms with Crippen LogP contribution in [0.3, 0.4) is 0 Å². The number of benzene rings is 2. The summed E-state index contributed by atoms with van der Waals surface area (Å²) in [7, 11) is 0. The molecule has 2 aromatic carbocycles. The van der Waals surface area contributed by atoms with Crippen LogP contribution in [0.4, 0.5) is 0 Å².